The number of benzene rings is 2. The van der Waals surface area contributed by atoms with Gasteiger partial charge < -0.3 is 9.15 Å². The monoisotopic (exact) mass is 365 g/mol. The van der Waals surface area contributed by atoms with Gasteiger partial charge in [-0.1, -0.05) is 11.6 Å². The Hall–Kier alpha value is -2.51. The zero-order valence-corrected chi connectivity index (χ0v) is 14.0. The highest BCUT2D eigenvalue weighted by Crippen LogP contribution is 2.30. The highest BCUT2D eigenvalue weighted by Gasteiger charge is 2.17. The number of rotatable bonds is 4. The Morgan fingerprint density at radius 2 is 1.88 bits per heavy atom. The van der Waals surface area contributed by atoms with Crippen LogP contribution in [0.25, 0.3) is 11.0 Å². The van der Waals surface area contributed by atoms with Crippen LogP contribution >= 0.6 is 11.6 Å². The first-order chi connectivity index (χ1) is 11.4. The summed E-state index contributed by atoms with van der Waals surface area (Å²) in [6, 6.07) is 11.5. The highest BCUT2D eigenvalue weighted by atomic mass is 35.5. The molecule has 3 aromatic rings. The molecule has 0 aliphatic heterocycles. The summed E-state index contributed by atoms with van der Waals surface area (Å²) in [6.07, 6.45) is 0. The van der Waals surface area contributed by atoms with Gasteiger partial charge in [0.05, 0.1) is 17.7 Å². The molecule has 0 saturated heterocycles. The predicted octanol–water partition coefficient (Wildman–Crippen LogP) is 3.26. The number of hydrogen-bond donors (Lipinski definition) is 1. The molecular formula is C16H12ClNO5S. The summed E-state index contributed by atoms with van der Waals surface area (Å²) >= 11 is 5.91. The molecule has 0 saturated carbocycles. The molecule has 1 N–H and O–H groups in total. The number of sulfonamides is 1. The molecule has 0 bridgehead atoms. The van der Waals surface area contributed by atoms with E-state index in [9.17, 15) is 13.2 Å². The quantitative estimate of drug-likeness (QED) is 0.717. The maximum absolute atomic E-state index is 12.6. The summed E-state index contributed by atoms with van der Waals surface area (Å²) in [4.78, 5) is 11.2. The summed E-state index contributed by atoms with van der Waals surface area (Å²) in [5.41, 5.74) is 0.0337. The third-order valence-corrected chi connectivity index (χ3v) is 4.91. The third-order valence-electron chi connectivity index (χ3n) is 3.31. The predicted molar refractivity (Wildman–Crippen MR) is 91.3 cm³/mol. The fourth-order valence-corrected chi connectivity index (χ4v) is 3.45. The molecule has 1 aromatic heterocycles. The third kappa shape index (κ3) is 3.22. The highest BCUT2D eigenvalue weighted by molar-refractivity contribution is 7.92. The van der Waals surface area contributed by atoms with E-state index in [4.69, 9.17) is 20.8 Å². The Morgan fingerprint density at radius 1 is 1.08 bits per heavy atom. The first-order valence-electron chi connectivity index (χ1n) is 6.79. The second-order valence-electron chi connectivity index (χ2n) is 4.90. The first-order valence-corrected chi connectivity index (χ1v) is 8.65. The minimum absolute atomic E-state index is 0.0193. The number of halogens is 1. The van der Waals surface area contributed by atoms with E-state index in [1.807, 2.05) is 0 Å². The maximum Gasteiger partial charge on any atom is 0.336 e. The van der Waals surface area contributed by atoms with E-state index in [1.54, 1.807) is 12.1 Å². The van der Waals surface area contributed by atoms with E-state index in [2.05, 4.69) is 4.72 Å². The Kier molecular flexibility index (Phi) is 4.21. The van der Waals surface area contributed by atoms with Gasteiger partial charge in [0.1, 0.15) is 11.3 Å². The van der Waals surface area contributed by atoms with Crippen molar-refractivity contribution in [3.05, 3.63) is 64.0 Å². The van der Waals surface area contributed by atoms with E-state index >= 15 is 0 Å². The molecule has 0 amide bonds. The Bertz CT molecular complexity index is 1080. The molecule has 0 unspecified atom stereocenters. The summed E-state index contributed by atoms with van der Waals surface area (Å²) in [6.45, 7) is 0. The average Bonchev–Trinajstić information content (AvgIpc) is 2.54. The minimum atomic E-state index is -3.87. The standard InChI is InChI=1S/C16H12ClNO5S/c1-22-15-5-3-11(17)9-13(15)18-24(20,21)12-4-6-14-10(8-12)2-7-16(19)23-14/h2-9,18H,1H3. The number of ether oxygens (including phenoxy) is 1. The van der Waals surface area contributed by atoms with E-state index < -0.39 is 15.6 Å². The van der Waals surface area contributed by atoms with Gasteiger partial charge in [0, 0.05) is 16.5 Å². The molecule has 1 heterocycles. The largest absolute Gasteiger partial charge is 0.495 e. The maximum atomic E-state index is 12.6. The van der Waals surface area contributed by atoms with Crippen LogP contribution in [0.2, 0.25) is 5.02 Å². The fourth-order valence-electron chi connectivity index (χ4n) is 2.18. The van der Waals surface area contributed by atoms with Crippen LogP contribution in [0.5, 0.6) is 5.75 Å². The first kappa shape index (κ1) is 16.4. The molecule has 0 radical (unpaired) electrons. The zero-order chi connectivity index (χ0) is 17.3. The Morgan fingerprint density at radius 3 is 2.62 bits per heavy atom. The molecule has 8 heteroatoms. The van der Waals surface area contributed by atoms with Crippen LogP contribution in [-0.4, -0.2) is 15.5 Å². The van der Waals surface area contributed by atoms with Crippen LogP contribution in [0.3, 0.4) is 0 Å². The van der Waals surface area contributed by atoms with Crippen molar-refractivity contribution in [3.63, 3.8) is 0 Å². The van der Waals surface area contributed by atoms with E-state index in [-0.39, 0.29) is 10.6 Å². The van der Waals surface area contributed by atoms with Crippen LogP contribution < -0.4 is 15.1 Å². The molecule has 124 valence electrons. The van der Waals surface area contributed by atoms with Crippen LogP contribution in [-0.2, 0) is 10.0 Å². The van der Waals surface area contributed by atoms with Crippen molar-refractivity contribution in [1.29, 1.82) is 0 Å². The van der Waals surface area contributed by atoms with Gasteiger partial charge in [0.15, 0.2) is 0 Å². The van der Waals surface area contributed by atoms with Crippen LogP contribution in [0.1, 0.15) is 0 Å². The Balaban J connectivity index is 2.03. The van der Waals surface area contributed by atoms with Gasteiger partial charge in [-0.25, -0.2) is 13.2 Å². The van der Waals surface area contributed by atoms with Gasteiger partial charge in [0.25, 0.3) is 10.0 Å². The minimum Gasteiger partial charge on any atom is -0.495 e. The van der Waals surface area contributed by atoms with Crippen LogP contribution in [0.15, 0.2) is 62.6 Å². The lowest BCUT2D eigenvalue weighted by Gasteiger charge is -2.12. The smallest absolute Gasteiger partial charge is 0.336 e. The molecule has 6 nitrogen and oxygen atoms in total. The Labute approximate surface area is 142 Å². The number of hydrogen-bond acceptors (Lipinski definition) is 5. The zero-order valence-electron chi connectivity index (χ0n) is 12.4. The molecule has 3 rings (SSSR count). The number of anilines is 1. The summed E-state index contributed by atoms with van der Waals surface area (Å²) < 4.78 is 37.7. The van der Waals surface area contributed by atoms with Gasteiger partial charge in [-0.3, -0.25) is 4.72 Å². The van der Waals surface area contributed by atoms with Gasteiger partial charge in [-0.2, -0.15) is 0 Å². The van der Waals surface area contributed by atoms with E-state index in [0.29, 0.717) is 21.7 Å². The van der Waals surface area contributed by atoms with Crippen molar-refractivity contribution >= 4 is 38.3 Å². The number of fused-ring (bicyclic) bond motifs is 1. The summed E-state index contributed by atoms with van der Waals surface area (Å²) in [5.74, 6) is 0.342. The molecule has 0 fully saturated rings. The lowest BCUT2D eigenvalue weighted by molar-refractivity contribution is 0.417. The summed E-state index contributed by atoms with van der Waals surface area (Å²) in [7, 11) is -2.44. The average molecular weight is 366 g/mol. The molecule has 24 heavy (non-hydrogen) atoms. The van der Waals surface area contributed by atoms with Gasteiger partial charge >= 0.3 is 5.63 Å². The fraction of sp³-hybridized carbons (Fsp3) is 0.0625. The second-order valence-corrected chi connectivity index (χ2v) is 7.02. The van der Waals surface area contributed by atoms with Crippen LogP contribution in [0.4, 0.5) is 5.69 Å². The summed E-state index contributed by atoms with van der Waals surface area (Å²) in [5, 5.41) is 0.865. The van der Waals surface area contributed by atoms with E-state index in [0.717, 1.165) is 0 Å². The van der Waals surface area contributed by atoms with Crippen LogP contribution in [0, 0.1) is 0 Å². The van der Waals surface area contributed by atoms with Gasteiger partial charge in [-0.15, -0.1) is 0 Å². The molecule has 0 aliphatic carbocycles. The lowest BCUT2D eigenvalue weighted by Crippen LogP contribution is -2.13. The normalized spacial score (nSPS) is 11.4. The van der Waals surface area contributed by atoms with Crippen molar-refractivity contribution in [2.75, 3.05) is 11.8 Å². The van der Waals surface area contributed by atoms with Crippen molar-refractivity contribution in [1.82, 2.24) is 0 Å². The molecule has 0 spiro atoms. The van der Waals surface area contributed by atoms with Gasteiger partial charge in [0.2, 0.25) is 0 Å². The number of methoxy groups -OCH3 is 1. The number of nitrogens with one attached hydrogen (secondary N) is 1. The molecule has 2 aromatic carbocycles. The van der Waals surface area contributed by atoms with Crippen molar-refractivity contribution in [3.8, 4) is 5.75 Å². The molecule has 0 atom stereocenters. The van der Waals surface area contributed by atoms with Crippen molar-refractivity contribution in [2.24, 2.45) is 0 Å². The van der Waals surface area contributed by atoms with E-state index in [1.165, 1.54) is 43.5 Å². The second kappa shape index (κ2) is 6.18. The van der Waals surface area contributed by atoms with Crippen molar-refractivity contribution in [2.45, 2.75) is 4.90 Å². The topological polar surface area (TPSA) is 85.6 Å². The van der Waals surface area contributed by atoms with Gasteiger partial charge in [-0.05, 0) is 42.5 Å². The van der Waals surface area contributed by atoms with Crippen molar-refractivity contribution < 1.29 is 17.6 Å². The molecule has 0 aliphatic rings. The lowest BCUT2D eigenvalue weighted by atomic mass is 10.2. The molecular weight excluding hydrogens is 354 g/mol. The SMILES string of the molecule is COc1ccc(Cl)cc1NS(=O)(=O)c1ccc2oc(=O)ccc2c1.